The Morgan fingerprint density at radius 1 is 1.07 bits per heavy atom. The molecule has 8 heteroatoms. The van der Waals surface area contributed by atoms with Crippen molar-refractivity contribution in [3.8, 4) is 22.6 Å². The van der Waals surface area contributed by atoms with Gasteiger partial charge in [0, 0.05) is 48.9 Å². The highest BCUT2D eigenvalue weighted by atomic mass is 16.5. The molecular formula is C21H21N7O. The molecule has 0 bridgehead atoms. The van der Waals surface area contributed by atoms with Gasteiger partial charge in [-0.15, -0.1) is 0 Å². The van der Waals surface area contributed by atoms with Crippen LogP contribution in [0.15, 0.2) is 53.7 Å². The summed E-state index contributed by atoms with van der Waals surface area (Å²) in [5, 5.41) is 8.64. The highest BCUT2D eigenvalue weighted by Crippen LogP contribution is 2.51. The van der Waals surface area contributed by atoms with Crippen LogP contribution < -0.4 is 5.73 Å². The van der Waals surface area contributed by atoms with Crippen molar-refractivity contribution in [2.24, 2.45) is 13.0 Å². The largest absolute Gasteiger partial charge is 0.368 e. The van der Waals surface area contributed by atoms with Gasteiger partial charge in [-0.05, 0) is 37.3 Å². The molecule has 1 saturated carbocycles. The van der Waals surface area contributed by atoms with Crippen LogP contribution in [0.3, 0.4) is 0 Å². The molecule has 0 aliphatic heterocycles. The highest BCUT2D eigenvalue weighted by molar-refractivity contribution is 5.59. The molecule has 1 aliphatic rings. The van der Waals surface area contributed by atoms with E-state index in [1.165, 1.54) is 12.8 Å². The molecule has 1 fully saturated rings. The van der Waals surface area contributed by atoms with Crippen molar-refractivity contribution in [3.05, 3.63) is 60.4 Å². The van der Waals surface area contributed by atoms with Crippen molar-refractivity contribution >= 4 is 5.95 Å². The molecule has 2 N–H and O–H groups in total. The molecule has 4 aromatic rings. The minimum absolute atomic E-state index is 0.252. The molecule has 4 heterocycles. The maximum Gasteiger partial charge on any atom is 0.219 e. The van der Waals surface area contributed by atoms with Gasteiger partial charge in [0.05, 0.1) is 23.1 Å². The Morgan fingerprint density at radius 3 is 2.48 bits per heavy atom. The third kappa shape index (κ3) is 3.06. The van der Waals surface area contributed by atoms with E-state index in [1.54, 1.807) is 23.3 Å². The molecule has 4 aromatic heterocycles. The smallest absolute Gasteiger partial charge is 0.219 e. The van der Waals surface area contributed by atoms with Crippen LogP contribution in [0, 0.1) is 5.92 Å². The zero-order valence-electron chi connectivity index (χ0n) is 16.3. The van der Waals surface area contributed by atoms with E-state index < -0.39 is 0 Å². The molecule has 5 rings (SSSR count). The standard InChI is InChI=1S/C21H21N7O/c1-21(15-3-4-15,19-7-18(29-27-19)14-10-26-28(2)12-14)16-5-6-17(23-11-16)13-8-24-20(22)25-9-13/h5-12,15H,3-4H2,1-2H3,(H2,22,24,25). The third-order valence-corrected chi connectivity index (χ3v) is 5.76. The minimum atomic E-state index is -0.257. The fourth-order valence-electron chi connectivity index (χ4n) is 3.80. The van der Waals surface area contributed by atoms with Crippen LogP contribution in [0.5, 0.6) is 0 Å². The second-order valence-corrected chi connectivity index (χ2v) is 7.72. The summed E-state index contributed by atoms with van der Waals surface area (Å²) in [7, 11) is 1.88. The van der Waals surface area contributed by atoms with Gasteiger partial charge in [0.15, 0.2) is 5.76 Å². The Morgan fingerprint density at radius 2 is 1.86 bits per heavy atom. The normalized spacial score (nSPS) is 15.9. The van der Waals surface area contributed by atoms with E-state index in [0.29, 0.717) is 5.92 Å². The Balaban J connectivity index is 1.50. The van der Waals surface area contributed by atoms with Crippen molar-refractivity contribution in [3.63, 3.8) is 0 Å². The lowest BCUT2D eigenvalue weighted by Gasteiger charge is -2.27. The first kappa shape index (κ1) is 17.5. The van der Waals surface area contributed by atoms with E-state index >= 15 is 0 Å². The van der Waals surface area contributed by atoms with Gasteiger partial charge in [-0.3, -0.25) is 9.67 Å². The van der Waals surface area contributed by atoms with Gasteiger partial charge >= 0.3 is 0 Å². The molecule has 146 valence electrons. The molecule has 0 radical (unpaired) electrons. The van der Waals surface area contributed by atoms with Gasteiger partial charge in [0.1, 0.15) is 0 Å². The van der Waals surface area contributed by atoms with E-state index in [0.717, 1.165) is 33.8 Å². The summed E-state index contributed by atoms with van der Waals surface area (Å²) in [4.78, 5) is 12.7. The van der Waals surface area contributed by atoms with Crippen molar-refractivity contribution in [2.45, 2.75) is 25.2 Å². The number of rotatable bonds is 5. The molecule has 0 spiro atoms. The summed E-state index contributed by atoms with van der Waals surface area (Å²) < 4.78 is 7.41. The zero-order chi connectivity index (χ0) is 20.0. The Hall–Kier alpha value is -3.55. The summed E-state index contributed by atoms with van der Waals surface area (Å²) in [5.41, 5.74) is 9.91. The summed E-state index contributed by atoms with van der Waals surface area (Å²) >= 11 is 0. The van der Waals surface area contributed by atoms with Crippen LogP contribution in [0.25, 0.3) is 22.6 Å². The van der Waals surface area contributed by atoms with E-state index in [-0.39, 0.29) is 11.4 Å². The lowest BCUT2D eigenvalue weighted by molar-refractivity contribution is 0.387. The molecule has 8 nitrogen and oxygen atoms in total. The monoisotopic (exact) mass is 387 g/mol. The van der Waals surface area contributed by atoms with Crippen molar-refractivity contribution in [1.82, 2.24) is 29.9 Å². The van der Waals surface area contributed by atoms with Crippen LogP contribution >= 0.6 is 0 Å². The van der Waals surface area contributed by atoms with Gasteiger partial charge in [0.2, 0.25) is 5.95 Å². The summed E-state index contributed by atoms with van der Waals surface area (Å²) in [6, 6.07) is 6.12. The predicted molar refractivity (Wildman–Crippen MR) is 108 cm³/mol. The van der Waals surface area contributed by atoms with Crippen molar-refractivity contribution in [2.75, 3.05) is 5.73 Å². The number of aryl methyl sites for hydroxylation is 1. The molecule has 0 saturated heterocycles. The second kappa shape index (κ2) is 6.51. The summed E-state index contributed by atoms with van der Waals surface area (Å²) in [6.45, 7) is 2.22. The van der Waals surface area contributed by atoms with Gasteiger partial charge in [-0.2, -0.15) is 5.10 Å². The van der Waals surface area contributed by atoms with Crippen LogP contribution in [0.1, 0.15) is 31.0 Å². The number of pyridine rings is 1. The average molecular weight is 387 g/mol. The van der Waals surface area contributed by atoms with Gasteiger partial charge < -0.3 is 10.3 Å². The third-order valence-electron chi connectivity index (χ3n) is 5.76. The predicted octanol–water partition coefficient (Wildman–Crippen LogP) is 3.23. The zero-order valence-corrected chi connectivity index (χ0v) is 16.3. The first-order valence-electron chi connectivity index (χ1n) is 9.54. The van der Waals surface area contributed by atoms with E-state index in [4.69, 9.17) is 10.3 Å². The first-order valence-corrected chi connectivity index (χ1v) is 9.54. The quantitative estimate of drug-likeness (QED) is 0.560. The van der Waals surface area contributed by atoms with Crippen LogP contribution in [0.2, 0.25) is 0 Å². The summed E-state index contributed by atoms with van der Waals surface area (Å²) in [6.07, 6.45) is 11.3. The van der Waals surface area contributed by atoms with Crippen LogP contribution in [0.4, 0.5) is 5.95 Å². The van der Waals surface area contributed by atoms with Crippen molar-refractivity contribution in [1.29, 1.82) is 0 Å². The van der Waals surface area contributed by atoms with Gasteiger partial charge in [-0.25, -0.2) is 9.97 Å². The highest BCUT2D eigenvalue weighted by Gasteiger charge is 2.46. The lowest BCUT2D eigenvalue weighted by Crippen LogP contribution is -2.27. The van der Waals surface area contributed by atoms with Crippen molar-refractivity contribution < 1.29 is 4.52 Å². The first-order chi connectivity index (χ1) is 14.0. The van der Waals surface area contributed by atoms with E-state index in [1.807, 2.05) is 31.6 Å². The lowest BCUT2D eigenvalue weighted by atomic mass is 9.75. The average Bonchev–Trinajstić information content (AvgIpc) is 3.32. The Bertz CT molecular complexity index is 1140. The molecule has 0 aromatic carbocycles. The van der Waals surface area contributed by atoms with Gasteiger partial charge in [0.25, 0.3) is 0 Å². The fraction of sp³-hybridized carbons (Fsp3) is 0.286. The number of nitrogen functional groups attached to an aromatic ring is 1. The second-order valence-electron chi connectivity index (χ2n) is 7.72. The molecular weight excluding hydrogens is 366 g/mol. The number of hydrogen-bond acceptors (Lipinski definition) is 7. The minimum Gasteiger partial charge on any atom is -0.368 e. The maximum atomic E-state index is 5.66. The summed E-state index contributed by atoms with van der Waals surface area (Å²) in [5.74, 6) is 1.49. The molecule has 1 atom stereocenters. The van der Waals surface area contributed by atoms with Crippen LogP contribution in [-0.2, 0) is 12.5 Å². The Labute approximate surface area is 167 Å². The number of hydrogen-bond donors (Lipinski definition) is 1. The number of nitrogens with zero attached hydrogens (tertiary/aromatic N) is 6. The van der Waals surface area contributed by atoms with E-state index in [9.17, 15) is 0 Å². The van der Waals surface area contributed by atoms with Crippen LogP contribution in [-0.4, -0.2) is 29.9 Å². The molecule has 0 amide bonds. The topological polar surface area (TPSA) is 109 Å². The number of nitrogens with two attached hydrogens (primary N) is 1. The van der Waals surface area contributed by atoms with Gasteiger partial charge in [-0.1, -0.05) is 11.2 Å². The fourth-order valence-corrected chi connectivity index (χ4v) is 3.80. The molecule has 1 aliphatic carbocycles. The maximum absolute atomic E-state index is 5.66. The molecule has 1 unspecified atom stereocenters. The number of aromatic nitrogens is 6. The number of anilines is 1. The SMILES string of the molecule is Cn1cc(-c2cc(C(C)(c3ccc(-c4cnc(N)nc4)nc3)C3CC3)no2)cn1. The Kier molecular flexibility index (Phi) is 3.94. The molecule has 29 heavy (non-hydrogen) atoms. The van der Waals surface area contributed by atoms with E-state index in [2.05, 4.69) is 38.2 Å².